The normalized spacial score (nSPS) is 15.8. The lowest BCUT2D eigenvalue weighted by molar-refractivity contribution is 0.0841. The van der Waals surface area contributed by atoms with Crippen LogP contribution in [0.3, 0.4) is 0 Å². The molecule has 1 aliphatic heterocycles. The monoisotopic (exact) mass is 452 g/mol. The van der Waals surface area contributed by atoms with Gasteiger partial charge in [0.2, 0.25) is 0 Å². The van der Waals surface area contributed by atoms with Gasteiger partial charge >= 0.3 is 0 Å². The highest BCUT2D eigenvalue weighted by molar-refractivity contribution is 6.03. The Morgan fingerprint density at radius 1 is 1.15 bits per heavy atom. The molecule has 3 rings (SSSR count). The molecule has 1 aliphatic rings. The van der Waals surface area contributed by atoms with Crippen molar-refractivity contribution in [3.05, 3.63) is 64.8 Å². The zero-order valence-corrected chi connectivity index (χ0v) is 19.9. The van der Waals surface area contributed by atoms with E-state index in [9.17, 15) is 15.0 Å². The van der Waals surface area contributed by atoms with Crippen molar-refractivity contribution in [2.24, 2.45) is 5.92 Å². The number of allylic oxidation sites excluding steroid dienone is 3. The molecule has 2 aromatic rings. The molecule has 2 atom stereocenters. The molecule has 0 spiro atoms. The molecule has 0 aliphatic carbocycles. The molecule has 176 valence electrons. The first kappa shape index (κ1) is 24.2. The maximum absolute atomic E-state index is 13.2. The lowest BCUT2D eigenvalue weighted by Crippen LogP contribution is -2.23. The molecule has 0 amide bonds. The average Bonchev–Trinajstić information content (AvgIpc) is 2.77. The van der Waals surface area contributed by atoms with E-state index in [0.29, 0.717) is 34.6 Å². The van der Waals surface area contributed by atoms with Gasteiger partial charge in [0.1, 0.15) is 28.9 Å². The number of fused-ring (bicyclic) bond motifs is 1. The van der Waals surface area contributed by atoms with Gasteiger partial charge < -0.3 is 24.4 Å². The molecule has 0 saturated heterocycles. The van der Waals surface area contributed by atoms with Gasteiger partial charge in [-0.05, 0) is 57.2 Å². The van der Waals surface area contributed by atoms with Gasteiger partial charge in [0.15, 0.2) is 17.3 Å². The van der Waals surface area contributed by atoms with E-state index in [2.05, 4.69) is 12.7 Å². The quantitative estimate of drug-likeness (QED) is 0.484. The zero-order chi connectivity index (χ0) is 24.3. The predicted octanol–water partition coefficient (Wildman–Crippen LogP) is 5.91. The van der Waals surface area contributed by atoms with Gasteiger partial charge in [-0.1, -0.05) is 29.9 Å². The van der Waals surface area contributed by atoms with Crippen LogP contribution < -0.4 is 14.2 Å². The van der Waals surface area contributed by atoms with Crippen molar-refractivity contribution in [3.8, 4) is 28.7 Å². The maximum Gasteiger partial charge on any atom is 0.174 e. The number of aromatic hydroxyl groups is 2. The summed E-state index contributed by atoms with van der Waals surface area (Å²) >= 11 is 0. The first-order valence-corrected chi connectivity index (χ1v) is 10.9. The van der Waals surface area contributed by atoms with Crippen LogP contribution in [0, 0.1) is 5.92 Å². The summed E-state index contributed by atoms with van der Waals surface area (Å²) in [7, 11) is 2.93. The Labute approximate surface area is 195 Å². The molecule has 0 fully saturated rings. The minimum atomic E-state index is -0.592. The van der Waals surface area contributed by atoms with E-state index in [4.69, 9.17) is 14.2 Å². The van der Waals surface area contributed by atoms with Gasteiger partial charge in [-0.2, -0.15) is 0 Å². The van der Waals surface area contributed by atoms with Crippen molar-refractivity contribution < 1.29 is 29.2 Å². The van der Waals surface area contributed by atoms with Gasteiger partial charge in [0, 0.05) is 11.6 Å². The number of ether oxygens (including phenoxy) is 3. The number of rotatable bonds is 8. The molecule has 0 saturated carbocycles. The number of carbonyl (C=O) groups excluding carboxylic acids is 1. The summed E-state index contributed by atoms with van der Waals surface area (Å²) in [5.41, 5.74) is 3.78. The summed E-state index contributed by atoms with van der Waals surface area (Å²) in [4.78, 5) is 13.2. The Hall–Kier alpha value is -3.41. The lowest BCUT2D eigenvalue weighted by atomic mass is 9.86. The van der Waals surface area contributed by atoms with Crippen LogP contribution in [0.25, 0.3) is 0 Å². The number of methoxy groups -OCH3 is 2. The predicted molar refractivity (Wildman–Crippen MR) is 128 cm³/mol. The Morgan fingerprint density at radius 2 is 1.85 bits per heavy atom. The second kappa shape index (κ2) is 10.0. The Bertz CT molecular complexity index is 1090. The zero-order valence-electron chi connectivity index (χ0n) is 19.9. The molecule has 2 N–H and O–H groups in total. The van der Waals surface area contributed by atoms with Crippen LogP contribution in [-0.2, 0) is 6.42 Å². The van der Waals surface area contributed by atoms with Crippen molar-refractivity contribution in [2.45, 2.75) is 46.1 Å². The summed E-state index contributed by atoms with van der Waals surface area (Å²) in [5.74, 6) is 0.877. The number of benzene rings is 2. The maximum atomic E-state index is 13.2. The number of hydrogen-bond acceptors (Lipinski definition) is 6. The molecule has 0 radical (unpaired) electrons. The highest BCUT2D eigenvalue weighted by Gasteiger charge is 2.35. The van der Waals surface area contributed by atoms with Gasteiger partial charge in [-0.25, -0.2) is 0 Å². The number of Topliss-reactive ketones (excluding diaryl/α,β-unsaturated/α-hetero) is 1. The minimum Gasteiger partial charge on any atom is -0.507 e. The summed E-state index contributed by atoms with van der Waals surface area (Å²) in [6.07, 6.45) is 2.89. The standard InChI is InChI=1S/C27H32O6/c1-15(2)7-8-17(16(3)4)11-19-21(29)13-25(32-6)26-22(30)14-23(33-27(19)26)18-9-10-20(28)24(12-18)31-5/h7,9-10,12-13,17,23,28-29H,3,8,11,14H2,1-2,4-6H3/t17?,23-/m0/s1. The summed E-state index contributed by atoms with van der Waals surface area (Å²) in [5, 5.41) is 20.8. The molecule has 33 heavy (non-hydrogen) atoms. The van der Waals surface area contributed by atoms with Crippen LogP contribution in [-0.4, -0.2) is 30.2 Å². The van der Waals surface area contributed by atoms with Crippen molar-refractivity contribution in [1.82, 2.24) is 0 Å². The third-order valence-corrected chi connectivity index (χ3v) is 5.99. The number of carbonyl (C=O) groups is 1. The van der Waals surface area contributed by atoms with Crippen molar-refractivity contribution >= 4 is 5.78 Å². The van der Waals surface area contributed by atoms with E-state index < -0.39 is 6.10 Å². The molecule has 0 aromatic heterocycles. The van der Waals surface area contributed by atoms with E-state index in [1.54, 1.807) is 12.1 Å². The second-order valence-electron chi connectivity index (χ2n) is 8.71. The number of hydrogen-bond donors (Lipinski definition) is 2. The third-order valence-electron chi connectivity index (χ3n) is 5.99. The van der Waals surface area contributed by atoms with E-state index in [1.807, 2.05) is 20.8 Å². The topological polar surface area (TPSA) is 85.2 Å². The van der Waals surface area contributed by atoms with E-state index >= 15 is 0 Å². The van der Waals surface area contributed by atoms with Crippen LogP contribution in [0.2, 0.25) is 0 Å². The first-order valence-electron chi connectivity index (χ1n) is 10.9. The van der Waals surface area contributed by atoms with Crippen LogP contribution >= 0.6 is 0 Å². The van der Waals surface area contributed by atoms with Gasteiger partial charge in [-0.3, -0.25) is 4.79 Å². The number of ketones is 1. The summed E-state index contributed by atoms with van der Waals surface area (Å²) < 4.78 is 17.0. The highest BCUT2D eigenvalue weighted by atomic mass is 16.5. The molecule has 1 unspecified atom stereocenters. The van der Waals surface area contributed by atoms with Gasteiger partial charge in [0.05, 0.1) is 20.6 Å². The fourth-order valence-electron chi connectivity index (χ4n) is 4.03. The third kappa shape index (κ3) is 5.16. The van der Waals surface area contributed by atoms with Gasteiger partial charge in [-0.15, -0.1) is 0 Å². The first-order chi connectivity index (χ1) is 15.7. The minimum absolute atomic E-state index is 0.00682. The van der Waals surface area contributed by atoms with Gasteiger partial charge in [0.25, 0.3) is 0 Å². The van der Waals surface area contributed by atoms with Crippen LogP contribution in [0.5, 0.6) is 28.7 Å². The average molecular weight is 453 g/mol. The largest absolute Gasteiger partial charge is 0.507 e. The highest BCUT2D eigenvalue weighted by Crippen LogP contribution is 2.47. The molecule has 2 aromatic carbocycles. The number of phenolic OH excluding ortho intramolecular Hbond substituents is 2. The van der Waals surface area contributed by atoms with Crippen molar-refractivity contribution in [2.75, 3.05) is 14.2 Å². The Morgan fingerprint density at radius 3 is 2.45 bits per heavy atom. The Kier molecular flexibility index (Phi) is 7.36. The lowest BCUT2D eigenvalue weighted by Gasteiger charge is -2.30. The van der Waals surface area contributed by atoms with Crippen LogP contribution in [0.1, 0.15) is 61.2 Å². The second-order valence-corrected chi connectivity index (χ2v) is 8.71. The van der Waals surface area contributed by atoms with Crippen LogP contribution in [0.4, 0.5) is 0 Å². The van der Waals surface area contributed by atoms with E-state index in [1.165, 1.54) is 31.9 Å². The van der Waals surface area contributed by atoms with Crippen molar-refractivity contribution in [1.29, 1.82) is 0 Å². The molecular formula is C27H32O6. The van der Waals surface area contributed by atoms with E-state index in [-0.39, 0.29) is 35.4 Å². The Balaban J connectivity index is 2.08. The SMILES string of the molecule is C=C(C)C(CC=C(C)C)Cc1c(O)cc(OC)c2c1O[C@H](c1ccc(O)c(OC)c1)CC2=O. The smallest absolute Gasteiger partial charge is 0.174 e. The fraction of sp³-hybridized carbons (Fsp3) is 0.370. The molecule has 1 heterocycles. The summed E-state index contributed by atoms with van der Waals surface area (Å²) in [6.45, 7) is 10.2. The van der Waals surface area contributed by atoms with Crippen LogP contribution in [0.15, 0.2) is 48.1 Å². The summed E-state index contributed by atoms with van der Waals surface area (Å²) in [6, 6.07) is 6.35. The molecule has 0 bridgehead atoms. The molecule has 6 nitrogen and oxygen atoms in total. The number of phenols is 2. The molecular weight excluding hydrogens is 420 g/mol. The molecule has 6 heteroatoms. The fourth-order valence-corrected chi connectivity index (χ4v) is 4.03. The van der Waals surface area contributed by atoms with Crippen molar-refractivity contribution in [3.63, 3.8) is 0 Å². The van der Waals surface area contributed by atoms with E-state index in [0.717, 1.165) is 12.0 Å².